The van der Waals surface area contributed by atoms with Crippen molar-refractivity contribution in [3.8, 4) is 0 Å². The Morgan fingerprint density at radius 3 is 2.62 bits per heavy atom. The maximum atomic E-state index is 6.45. The molecule has 0 saturated heterocycles. The first-order valence-corrected chi connectivity index (χ1v) is 7.60. The van der Waals surface area contributed by atoms with Crippen molar-refractivity contribution >= 4 is 5.52 Å². The van der Waals surface area contributed by atoms with Crippen LogP contribution in [0.3, 0.4) is 0 Å². The Labute approximate surface area is 124 Å². The second-order valence-corrected chi connectivity index (χ2v) is 5.90. The van der Waals surface area contributed by atoms with Crippen molar-refractivity contribution in [1.82, 2.24) is 9.61 Å². The van der Waals surface area contributed by atoms with Gasteiger partial charge in [0, 0.05) is 11.8 Å². The molecule has 1 aliphatic rings. The molecule has 3 heteroatoms. The smallest absolute Gasteiger partial charge is 0.0712 e. The van der Waals surface area contributed by atoms with E-state index in [1.54, 1.807) is 0 Å². The Bertz CT molecular complexity index is 753. The number of nitrogens with two attached hydrogens (primary N) is 1. The van der Waals surface area contributed by atoms with Crippen LogP contribution < -0.4 is 5.73 Å². The van der Waals surface area contributed by atoms with Crippen LogP contribution in [0.5, 0.6) is 0 Å². The van der Waals surface area contributed by atoms with E-state index in [2.05, 4.69) is 35.4 Å². The van der Waals surface area contributed by atoms with Gasteiger partial charge in [-0.25, -0.2) is 4.52 Å². The van der Waals surface area contributed by atoms with Crippen molar-refractivity contribution in [3.63, 3.8) is 0 Å². The monoisotopic (exact) mass is 277 g/mol. The van der Waals surface area contributed by atoms with Crippen LogP contribution in [-0.4, -0.2) is 9.61 Å². The topological polar surface area (TPSA) is 43.3 Å². The zero-order valence-corrected chi connectivity index (χ0v) is 11.9. The molecule has 0 bridgehead atoms. The van der Waals surface area contributed by atoms with Crippen LogP contribution >= 0.6 is 0 Å². The minimum absolute atomic E-state index is 0.125. The van der Waals surface area contributed by atoms with E-state index in [0.717, 1.165) is 22.6 Å². The quantitative estimate of drug-likeness (QED) is 0.794. The van der Waals surface area contributed by atoms with E-state index >= 15 is 0 Å². The number of fused-ring (bicyclic) bond motifs is 1. The zero-order valence-electron chi connectivity index (χ0n) is 11.9. The van der Waals surface area contributed by atoms with Gasteiger partial charge in [0.1, 0.15) is 0 Å². The summed E-state index contributed by atoms with van der Waals surface area (Å²) in [7, 11) is 0. The lowest BCUT2D eigenvalue weighted by molar-refractivity contribution is 0.419. The first-order chi connectivity index (χ1) is 10.3. The lowest BCUT2D eigenvalue weighted by Gasteiger charge is -2.26. The van der Waals surface area contributed by atoms with Gasteiger partial charge >= 0.3 is 0 Å². The summed E-state index contributed by atoms with van der Waals surface area (Å²) < 4.78 is 1.87. The Morgan fingerprint density at radius 1 is 1.10 bits per heavy atom. The Hall–Kier alpha value is -2.13. The van der Waals surface area contributed by atoms with E-state index in [1.165, 1.54) is 24.8 Å². The van der Waals surface area contributed by atoms with E-state index in [-0.39, 0.29) is 6.04 Å². The van der Waals surface area contributed by atoms with Crippen LogP contribution in [-0.2, 0) is 0 Å². The molecule has 0 radical (unpaired) electrons. The Kier molecular flexibility index (Phi) is 3.00. The molecule has 2 aromatic heterocycles. The molecule has 1 aliphatic carbocycles. The van der Waals surface area contributed by atoms with Gasteiger partial charge in [-0.3, -0.25) is 0 Å². The highest BCUT2D eigenvalue weighted by Gasteiger charge is 2.20. The highest BCUT2D eigenvalue weighted by Crippen LogP contribution is 2.36. The van der Waals surface area contributed by atoms with Gasteiger partial charge in [0.25, 0.3) is 0 Å². The number of hydrogen-bond donors (Lipinski definition) is 1. The van der Waals surface area contributed by atoms with Crippen LogP contribution in [0.1, 0.15) is 47.9 Å². The number of rotatable bonds is 3. The van der Waals surface area contributed by atoms with Crippen molar-refractivity contribution < 1.29 is 0 Å². The van der Waals surface area contributed by atoms with E-state index < -0.39 is 0 Å². The highest BCUT2D eigenvalue weighted by molar-refractivity contribution is 5.57. The van der Waals surface area contributed by atoms with Gasteiger partial charge in [-0.15, -0.1) is 0 Å². The van der Waals surface area contributed by atoms with Gasteiger partial charge in [-0.2, -0.15) is 5.10 Å². The summed E-state index contributed by atoms with van der Waals surface area (Å²) in [5, 5.41) is 4.37. The van der Waals surface area contributed by atoms with Gasteiger partial charge in [0.2, 0.25) is 0 Å². The number of pyridine rings is 1. The Morgan fingerprint density at radius 2 is 1.90 bits per heavy atom. The van der Waals surface area contributed by atoms with Crippen molar-refractivity contribution in [2.24, 2.45) is 5.73 Å². The molecular formula is C18H19N3. The third-order valence-electron chi connectivity index (χ3n) is 4.66. The van der Waals surface area contributed by atoms with E-state index in [9.17, 15) is 0 Å². The highest BCUT2D eigenvalue weighted by atomic mass is 15.2. The predicted octanol–water partition coefficient (Wildman–Crippen LogP) is 3.65. The fourth-order valence-electron chi connectivity index (χ4n) is 3.09. The molecule has 3 nitrogen and oxygen atoms in total. The standard InChI is InChI=1S/C18H19N3/c19-18(16-12-20-21-11-2-1-6-17(16)21)15-9-7-14(8-10-15)13-4-3-5-13/h1-2,6-13,18H,3-5,19H2. The molecule has 0 spiro atoms. The van der Waals surface area contributed by atoms with E-state index in [0.29, 0.717) is 0 Å². The summed E-state index contributed by atoms with van der Waals surface area (Å²) in [6.07, 6.45) is 7.86. The average molecular weight is 277 g/mol. The maximum absolute atomic E-state index is 6.45. The number of nitrogens with zero attached hydrogens (tertiary/aromatic N) is 2. The third-order valence-corrected chi connectivity index (χ3v) is 4.66. The second-order valence-electron chi connectivity index (χ2n) is 5.90. The molecule has 2 N–H and O–H groups in total. The molecule has 2 heterocycles. The van der Waals surface area contributed by atoms with Crippen molar-refractivity contribution in [2.45, 2.75) is 31.2 Å². The lowest BCUT2D eigenvalue weighted by Crippen LogP contribution is -2.13. The van der Waals surface area contributed by atoms with Crippen molar-refractivity contribution in [1.29, 1.82) is 0 Å². The van der Waals surface area contributed by atoms with E-state index in [1.807, 2.05) is 29.0 Å². The Balaban J connectivity index is 1.65. The van der Waals surface area contributed by atoms with Crippen molar-refractivity contribution in [3.05, 3.63) is 71.5 Å². The van der Waals surface area contributed by atoms with Crippen molar-refractivity contribution in [2.75, 3.05) is 0 Å². The molecular weight excluding hydrogens is 258 g/mol. The van der Waals surface area contributed by atoms with Crippen LogP contribution in [0.25, 0.3) is 5.52 Å². The zero-order chi connectivity index (χ0) is 14.2. The molecule has 1 unspecified atom stereocenters. The van der Waals surface area contributed by atoms with Crippen LogP contribution in [0.2, 0.25) is 0 Å². The molecule has 1 saturated carbocycles. The van der Waals surface area contributed by atoms with Gasteiger partial charge in [0.05, 0.1) is 17.8 Å². The third kappa shape index (κ3) is 2.14. The maximum Gasteiger partial charge on any atom is 0.0712 e. The average Bonchev–Trinajstić information content (AvgIpc) is 2.89. The minimum atomic E-state index is -0.125. The first-order valence-electron chi connectivity index (χ1n) is 7.60. The summed E-state index contributed by atoms with van der Waals surface area (Å²) in [5.74, 6) is 0.771. The molecule has 1 atom stereocenters. The summed E-state index contributed by atoms with van der Waals surface area (Å²) >= 11 is 0. The summed E-state index contributed by atoms with van der Waals surface area (Å²) in [6.45, 7) is 0. The number of hydrogen-bond acceptors (Lipinski definition) is 2. The fourth-order valence-corrected chi connectivity index (χ4v) is 3.09. The van der Waals surface area contributed by atoms with Gasteiger partial charge in [-0.05, 0) is 42.0 Å². The molecule has 0 amide bonds. The summed E-state index contributed by atoms with van der Waals surface area (Å²) in [5.41, 5.74) is 11.2. The first kappa shape index (κ1) is 12.6. The summed E-state index contributed by atoms with van der Waals surface area (Å²) in [4.78, 5) is 0. The SMILES string of the molecule is NC(c1ccc(C2CCC2)cc1)c1cnn2ccccc12. The molecule has 0 aliphatic heterocycles. The predicted molar refractivity (Wildman–Crippen MR) is 84.3 cm³/mol. The molecule has 4 rings (SSSR count). The minimum Gasteiger partial charge on any atom is -0.320 e. The molecule has 3 aromatic rings. The molecule has 1 fully saturated rings. The largest absolute Gasteiger partial charge is 0.320 e. The van der Waals surface area contributed by atoms with Gasteiger partial charge in [-0.1, -0.05) is 36.8 Å². The second kappa shape index (κ2) is 5.01. The van der Waals surface area contributed by atoms with Crippen LogP contribution in [0.4, 0.5) is 0 Å². The fraction of sp³-hybridized carbons (Fsp3) is 0.278. The van der Waals surface area contributed by atoms with Crippen LogP contribution in [0, 0.1) is 0 Å². The number of benzene rings is 1. The molecule has 106 valence electrons. The summed E-state index contributed by atoms with van der Waals surface area (Å²) in [6, 6.07) is 14.8. The normalized spacial score (nSPS) is 16.8. The van der Waals surface area contributed by atoms with Gasteiger partial charge in [0.15, 0.2) is 0 Å². The molecule has 21 heavy (non-hydrogen) atoms. The molecule has 1 aromatic carbocycles. The van der Waals surface area contributed by atoms with E-state index in [4.69, 9.17) is 5.73 Å². The van der Waals surface area contributed by atoms with Gasteiger partial charge < -0.3 is 5.73 Å². The number of aromatic nitrogens is 2. The van der Waals surface area contributed by atoms with Crippen LogP contribution in [0.15, 0.2) is 54.9 Å². The lowest BCUT2D eigenvalue weighted by atomic mass is 9.80.